The third-order valence-electron chi connectivity index (χ3n) is 2.87. The Hall–Kier alpha value is -2.63. The summed E-state index contributed by atoms with van der Waals surface area (Å²) in [6, 6.07) is 6.62. The van der Waals surface area contributed by atoms with E-state index < -0.39 is 0 Å². The van der Waals surface area contributed by atoms with Crippen LogP contribution >= 0.6 is 0 Å². The van der Waals surface area contributed by atoms with Gasteiger partial charge < -0.3 is 9.67 Å². The van der Waals surface area contributed by atoms with Crippen LogP contribution in [-0.4, -0.2) is 26.3 Å². The van der Waals surface area contributed by atoms with E-state index >= 15 is 0 Å². The van der Waals surface area contributed by atoms with Gasteiger partial charge in [0.25, 0.3) is 5.91 Å². The fourth-order valence-electron chi connectivity index (χ4n) is 1.67. The lowest BCUT2D eigenvalue weighted by Crippen LogP contribution is -2.24. The minimum Gasteiger partial charge on any atom is -0.508 e. The maximum Gasteiger partial charge on any atom is 0.260 e. The highest BCUT2D eigenvalue weighted by Gasteiger charge is 2.04. The number of rotatable bonds is 4. The van der Waals surface area contributed by atoms with Gasteiger partial charge in [-0.3, -0.25) is 4.79 Å². The topological polar surface area (TPSA) is 79.5 Å². The van der Waals surface area contributed by atoms with E-state index in [0.717, 1.165) is 11.4 Å². The average molecular weight is 272 g/mol. The molecule has 0 saturated carbocycles. The fraction of sp³-hybridized carbons (Fsp3) is 0.214. The number of aromatic nitrogens is 2. The number of amides is 1. The molecule has 1 aromatic heterocycles. The number of benzene rings is 1. The predicted octanol–water partition coefficient (Wildman–Crippen LogP) is 1.44. The molecular formula is C14H16N4O2. The molecule has 104 valence electrons. The summed E-state index contributed by atoms with van der Waals surface area (Å²) < 4.78 is 1.74. The Morgan fingerprint density at radius 2 is 2.10 bits per heavy atom. The smallest absolute Gasteiger partial charge is 0.260 e. The fourth-order valence-corrected chi connectivity index (χ4v) is 1.67. The zero-order valence-corrected chi connectivity index (χ0v) is 11.4. The summed E-state index contributed by atoms with van der Waals surface area (Å²) >= 11 is 0. The summed E-state index contributed by atoms with van der Waals surface area (Å²) in [5.74, 6) is 0.754. The first-order valence-electron chi connectivity index (χ1n) is 6.16. The molecule has 0 unspecified atom stereocenters. The maximum absolute atomic E-state index is 11.7. The molecule has 1 heterocycles. The first kappa shape index (κ1) is 13.8. The van der Waals surface area contributed by atoms with Crippen LogP contribution in [0.3, 0.4) is 0 Å². The molecule has 0 aliphatic rings. The normalized spacial score (nSPS) is 11.4. The Morgan fingerprint density at radius 1 is 1.40 bits per heavy atom. The summed E-state index contributed by atoms with van der Waals surface area (Å²) in [5.41, 5.74) is 4.00. The average Bonchev–Trinajstić information content (AvgIpc) is 2.82. The Kier molecular flexibility index (Phi) is 4.14. The number of imidazole rings is 1. The molecule has 0 saturated heterocycles. The number of phenols is 1. The van der Waals surface area contributed by atoms with Gasteiger partial charge in [0.2, 0.25) is 0 Å². The van der Waals surface area contributed by atoms with E-state index in [1.807, 2.05) is 6.92 Å². The molecule has 0 atom stereocenters. The third kappa shape index (κ3) is 3.44. The van der Waals surface area contributed by atoms with Gasteiger partial charge in [-0.25, -0.2) is 10.4 Å². The lowest BCUT2D eigenvalue weighted by molar-refractivity contribution is -0.121. The SMILES string of the molecule is CC(=NNC(=O)Cn1ccnc1C)c1ccc(O)cc1. The van der Waals surface area contributed by atoms with Crippen molar-refractivity contribution in [3.8, 4) is 5.75 Å². The van der Waals surface area contributed by atoms with Crippen molar-refractivity contribution in [1.29, 1.82) is 0 Å². The lowest BCUT2D eigenvalue weighted by Gasteiger charge is -2.05. The van der Waals surface area contributed by atoms with Crippen LogP contribution in [0, 0.1) is 6.92 Å². The van der Waals surface area contributed by atoms with Crippen molar-refractivity contribution >= 4 is 11.6 Å². The molecule has 6 heteroatoms. The van der Waals surface area contributed by atoms with Crippen LogP contribution in [0.2, 0.25) is 0 Å². The first-order chi connectivity index (χ1) is 9.56. The molecule has 0 spiro atoms. The molecule has 20 heavy (non-hydrogen) atoms. The van der Waals surface area contributed by atoms with Gasteiger partial charge in [0, 0.05) is 12.4 Å². The summed E-state index contributed by atoms with van der Waals surface area (Å²) in [4.78, 5) is 15.8. The van der Waals surface area contributed by atoms with E-state index in [2.05, 4.69) is 15.5 Å². The number of carbonyl (C=O) groups is 1. The van der Waals surface area contributed by atoms with Crippen LogP contribution in [0.1, 0.15) is 18.3 Å². The number of aryl methyl sites for hydroxylation is 1. The molecule has 0 aliphatic heterocycles. The Balaban J connectivity index is 1.96. The molecule has 0 fully saturated rings. The number of aromatic hydroxyl groups is 1. The van der Waals surface area contributed by atoms with Crippen molar-refractivity contribution in [2.45, 2.75) is 20.4 Å². The van der Waals surface area contributed by atoms with Gasteiger partial charge in [0.1, 0.15) is 18.1 Å². The first-order valence-corrected chi connectivity index (χ1v) is 6.16. The highest BCUT2D eigenvalue weighted by Crippen LogP contribution is 2.10. The number of hydrazone groups is 1. The quantitative estimate of drug-likeness (QED) is 0.653. The number of carbonyl (C=O) groups excluding carboxylic acids is 1. The van der Waals surface area contributed by atoms with E-state index in [1.165, 1.54) is 0 Å². The summed E-state index contributed by atoms with van der Waals surface area (Å²) in [7, 11) is 0. The zero-order chi connectivity index (χ0) is 14.5. The Labute approximate surface area is 116 Å². The Bertz CT molecular complexity index is 629. The van der Waals surface area contributed by atoms with Crippen LogP contribution in [-0.2, 0) is 11.3 Å². The van der Waals surface area contributed by atoms with E-state index in [1.54, 1.807) is 48.1 Å². The molecule has 1 aromatic carbocycles. The second-order valence-corrected chi connectivity index (χ2v) is 4.38. The van der Waals surface area contributed by atoms with Gasteiger partial charge in [0.15, 0.2) is 0 Å². The summed E-state index contributed by atoms with van der Waals surface area (Å²) in [5, 5.41) is 13.2. The maximum atomic E-state index is 11.7. The molecule has 6 nitrogen and oxygen atoms in total. The van der Waals surface area contributed by atoms with Crippen LogP contribution < -0.4 is 5.43 Å². The molecular weight excluding hydrogens is 256 g/mol. The van der Waals surface area contributed by atoms with Gasteiger partial charge in [-0.15, -0.1) is 0 Å². The monoisotopic (exact) mass is 272 g/mol. The number of nitrogens with one attached hydrogen (secondary N) is 1. The molecule has 0 aliphatic carbocycles. The van der Waals surface area contributed by atoms with Gasteiger partial charge in [-0.1, -0.05) is 0 Å². The van der Waals surface area contributed by atoms with Crippen molar-refractivity contribution < 1.29 is 9.90 Å². The summed E-state index contributed by atoms with van der Waals surface area (Å²) in [6.07, 6.45) is 3.39. The number of phenolic OH excluding ortho intramolecular Hbond substituents is 1. The van der Waals surface area contributed by atoms with Crippen LogP contribution in [0.5, 0.6) is 5.75 Å². The molecule has 0 radical (unpaired) electrons. The highest BCUT2D eigenvalue weighted by atomic mass is 16.3. The second kappa shape index (κ2) is 6.01. The van der Waals surface area contributed by atoms with E-state index in [0.29, 0.717) is 5.71 Å². The van der Waals surface area contributed by atoms with Gasteiger partial charge in [0.05, 0.1) is 5.71 Å². The summed E-state index contributed by atoms with van der Waals surface area (Å²) in [6.45, 7) is 3.80. The minimum absolute atomic E-state index is 0.179. The van der Waals surface area contributed by atoms with Crippen molar-refractivity contribution in [3.63, 3.8) is 0 Å². The van der Waals surface area contributed by atoms with Crippen LogP contribution in [0.4, 0.5) is 0 Å². The van der Waals surface area contributed by atoms with Crippen LogP contribution in [0.25, 0.3) is 0 Å². The number of nitrogens with zero attached hydrogens (tertiary/aromatic N) is 3. The van der Waals surface area contributed by atoms with Gasteiger partial charge in [-0.2, -0.15) is 5.10 Å². The van der Waals surface area contributed by atoms with E-state index in [4.69, 9.17) is 0 Å². The number of hydrogen-bond acceptors (Lipinski definition) is 4. The predicted molar refractivity (Wildman–Crippen MR) is 75.4 cm³/mol. The molecule has 1 amide bonds. The second-order valence-electron chi connectivity index (χ2n) is 4.38. The van der Waals surface area contributed by atoms with Crippen molar-refractivity contribution in [2.24, 2.45) is 5.10 Å². The third-order valence-corrected chi connectivity index (χ3v) is 2.87. The highest BCUT2D eigenvalue weighted by molar-refractivity contribution is 5.99. The molecule has 2 rings (SSSR count). The van der Waals surface area contributed by atoms with Crippen molar-refractivity contribution in [1.82, 2.24) is 15.0 Å². The van der Waals surface area contributed by atoms with E-state index in [-0.39, 0.29) is 18.2 Å². The Morgan fingerprint density at radius 3 is 2.70 bits per heavy atom. The molecule has 2 N–H and O–H groups in total. The standard InChI is InChI=1S/C14H16N4O2/c1-10(12-3-5-13(19)6-4-12)16-17-14(20)9-18-8-7-15-11(18)2/h3-8,19H,9H2,1-2H3,(H,17,20). The lowest BCUT2D eigenvalue weighted by atomic mass is 10.1. The van der Waals surface area contributed by atoms with Crippen molar-refractivity contribution in [2.75, 3.05) is 0 Å². The van der Waals surface area contributed by atoms with E-state index in [9.17, 15) is 9.90 Å². The minimum atomic E-state index is -0.218. The van der Waals surface area contributed by atoms with Gasteiger partial charge >= 0.3 is 0 Å². The molecule has 0 bridgehead atoms. The number of hydrogen-bond donors (Lipinski definition) is 2. The zero-order valence-electron chi connectivity index (χ0n) is 11.4. The van der Waals surface area contributed by atoms with Crippen LogP contribution in [0.15, 0.2) is 41.8 Å². The van der Waals surface area contributed by atoms with Crippen molar-refractivity contribution in [3.05, 3.63) is 48.0 Å². The van der Waals surface area contributed by atoms with Gasteiger partial charge in [-0.05, 0) is 43.7 Å². The largest absolute Gasteiger partial charge is 0.508 e. The molecule has 2 aromatic rings.